The van der Waals surface area contributed by atoms with Crippen LogP contribution in [0.4, 0.5) is 0 Å². The van der Waals surface area contributed by atoms with Crippen molar-refractivity contribution in [2.24, 2.45) is 0 Å². The van der Waals surface area contributed by atoms with Crippen molar-refractivity contribution in [2.45, 2.75) is 0 Å². The fraction of sp³-hybridized carbons (Fsp3) is 0. The molecular formula is C54H34N2O. The molecule has 0 aliphatic heterocycles. The molecule has 57 heavy (non-hydrogen) atoms. The summed E-state index contributed by atoms with van der Waals surface area (Å²) in [6.07, 6.45) is 0. The molecule has 0 spiro atoms. The van der Waals surface area contributed by atoms with E-state index in [1.54, 1.807) is 0 Å². The number of para-hydroxylation sites is 4. The van der Waals surface area contributed by atoms with Gasteiger partial charge in [-0.15, -0.1) is 0 Å². The smallest absolute Gasteiger partial charge is 0.159 e. The molecule has 0 radical (unpaired) electrons. The molecule has 266 valence electrons. The lowest BCUT2D eigenvalue weighted by Gasteiger charge is -2.14. The number of aromatic nitrogens is 2. The Labute approximate surface area is 328 Å². The highest BCUT2D eigenvalue weighted by Crippen LogP contribution is 2.43. The van der Waals surface area contributed by atoms with E-state index in [1.807, 2.05) is 6.07 Å². The molecule has 0 bridgehead atoms. The first-order chi connectivity index (χ1) is 28.3. The van der Waals surface area contributed by atoms with E-state index in [0.717, 1.165) is 44.2 Å². The Morgan fingerprint density at radius 1 is 0.281 bits per heavy atom. The Bertz CT molecular complexity index is 3510. The number of rotatable bonds is 5. The second-order valence-corrected chi connectivity index (χ2v) is 14.9. The second kappa shape index (κ2) is 12.5. The molecule has 0 fully saturated rings. The highest BCUT2D eigenvalue weighted by molar-refractivity contribution is 6.15. The minimum Gasteiger partial charge on any atom is -0.454 e. The Morgan fingerprint density at radius 2 is 0.772 bits per heavy atom. The van der Waals surface area contributed by atoms with Crippen LogP contribution in [0.15, 0.2) is 211 Å². The fourth-order valence-corrected chi connectivity index (χ4v) is 9.13. The molecule has 0 atom stereocenters. The minimum atomic E-state index is 0.887. The van der Waals surface area contributed by atoms with Crippen LogP contribution in [0.1, 0.15) is 0 Å². The molecule has 3 heterocycles. The SMILES string of the molecule is c1ccc(-c2cc(-n3c4ccccc4c4cc(-c5ccc6c(c5)c5ccccc5n6-c5ccccc5-c5ccccc5)ccc43)c3oc4ccccc4c3c2)cc1. The van der Waals surface area contributed by atoms with E-state index in [1.165, 1.54) is 66.1 Å². The van der Waals surface area contributed by atoms with Gasteiger partial charge in [-0.3, -0.25) is 0 Å². The van der Waals surface area contributed by atoms with Crippen LogP contribution in [-0.2, 0) is 0 Å². The van der Waals surface area contributed by atoms with Gasteiger partial charge in [-0.2, -0.15) is 0 Å². The molecule has 0 aliphatic rings. The zero-order chi connectivity index (χ0) is 37.5. The van der Waals surface area contributed by atoms with Crippen molar-refractivity contribution in [3.8, 4) is 44.8 Å². The number of nitrogens with zero attached hydrogens (tertiary/aromatic N) is 2. The van der Waals surface area contributed by atoms with Gasteiger partial charge in [0.2, 0.25) is 0 Å². The molecule has 0 saturated heterocycles. The first-order valence-corrected chi connectivity index (χ1v) is 19.5. The quantitative estimate of drug-likeness (QED) is 0.173. The molecule has 12 aromatic rings. The summed E-state index contributed by atoms with van der Waals surface area (Å²) in [7, 11) is 0. The van der Waals surface area contributed by atoms with Crippen molar-refractivity contribution in [1.82, 2.24) is 9.13 Å². The summed E-state index contributed by atoms with van der Waals surface area (Å²) in [6, 6.07) is 74.4. The van der Waals surface area contributed by atoms with Crippen LogP contribution in [-0.4, -0.2) is 9.13 Å². The third kappa shape index (κ3) is 4.86. The van der Waals surface area contributed by atoms with E-state index in [4.69, 9.17) is 4.42 Å². The summed E-state index contributed by atoms with van der Waals surface area (Å²) < 4.78 is 11.5. The summed E-state index contributed by atoms with van der Waals surface area (Å²) in [5.41, 5.74) is 15.8. The van der Waals surface area contributed by atoms with Crippen molar-refractivity contribution >= 4 is 65.6 Å². The van der Waals surface area contributed by atoms with Crippen LogP contribution in [0.25, 0.3) is 110 Å². The largest absolute Gasteiger partial charge is 0.454 e. The van der Waals surface area contributed by atoms with Crippen molar-refractivity contribution < 1.29 is 4.42 Å². The van der Waals surface area contributed by atoms with E-state index in [9.17, 15) is 0 Å². The summed E-state index contributed by atoms with van der Waals surface area (Å²) in [4.78, 5) is 0. The lowest BCUT2D eigenvalue weighted by molar-refractivity contribution is 0.666. The van der Waals surface area contributed by atoms with Gasteiger partial charge in [0.25, 0.3) is 0 Å². The van der Waals surface area contributed by atoms with Gasteiger partial charge in [0.1, 0.15) is 5.58 Å². The standard InChI is InChI=1S/C54H34N2O/c1-3-15-35(16-4-1)39-33-46-43-22-10-14-26-53(43)57-54(46)52(34-39)56-49-25-13-9-21-42(49)45-32-38(28-30-51(45)56)37-27-29-50-44(31-37)41-20-8-12-24-48(41)55(50)47-23-11-7-19-40(47)36-17-5-2-6-18-36/h1-34H. The van der Waals surface area contributed by atoms with Crippen LogP contribution < -0.4 is 0 Å². The number of hydrogen-bond donors (Lipinski definition) is 0. The maximum Gasteiger partial charge on any atom is 0.159 e. The van der Waals surface area contributed by atoms with Gasteiger partial charge in [-0.25, -0.2) is 0 Å². The highest BCUT2D eigenvalue weighted by atomic mass is 16.3. The Balaban J connectivity index is 1.07. The Kier molecular flexibility index (Phi) is 6.93. The zero-order valence-corrected chi connectivity index (χ0v) is 30.9. The predicted molar refractivity (Wildman–Crippen MR) is 239 cm³/mol. The monoisotopic (exact) mass is 726 g/mol. The summed E-state index contributed by atoms with van der Waals surface area (Å²) in [5, 5.41) is 7.12. The molecule has 12 rings (SSSR count). The molecule has 0 amide bonds. The van der Waals surface area contributed by atoms with E-state index in [-0.39, 0.29) is 0 Å². The average molecular weight is 727 g/mol. The van der Waals surface area contributed by atoms with E-state index < -0.39 is 0 Å². The van der Waals surface area contributed by atoms with Crippen LogP contribution in [0, 0.1) is 0 Å². The average Bonchev–Trinajstić information content (AvgIpc) is 3.94. The van der Waals surface area contributed by atoms with Gasteiger partial charge in [0, 0.05) is 37.9 Å². The number of furan rings is 1. The van der Waals surface area contributed by atoms with E-state index >= 15 is 0 Å². The number of fused-ring (bicyclic) bond motifs is 9. The van der Waals surface area contributed by atoms with Crippen LogP contribution >= 0.6 is 0 Å². The normalized spacial score (nSPS) is 11.9. The molecule has 0 N–H and O–H groups in total. The maximum atomic E-state index is 6.71. The molecular weight excluding hydrogens is 693 g/mol. The van der Waals surface area contributed by atoms with Gasteiger partial charge < -0.3 is 13.6 Å². The Hall–Kier alpha value is -7.62. The predicted octanol–water partition coefficient (Wildman–Crippen LogP) is 14.8. The minimum absolute atomic E-state index is 0.887. The van der Waals surface area contributed by atoms with Gasteiger partial charge in [0.05, 0.1) is 33.4 Å². The zero-order valence-electron chi connectivity index (χ0n) is 30.9. The van der Waals surface area contributed by atoms with E-state index in [0.29, 0.717) is 0 Å². The van der Waals surface area contributed by atoms with Crippen LogP contribution in [0.2, 0.25) is 0 Å². The molecule has 3 aromatic heterocycles. The van der Waals surface area contributed by atoms with Crippen molar-refractivity contribution in [3.63, 3.8) is 0 Å². The first kappa shape index (κ1) is 31.7. The number of hydrogen-bond acceptors (Lipinski definition) is 1. The van der Waals surface area contributed by atoms with Gasteiger partial charge >= 0.3 is 0 Å². The maximum absolute atomic E-state index is 6.71. The Morgan fingerprint density at radius 3 is 1.44 bits per heavy atom. The van der Waals surface area contributed by atoms with Crippen LogP contribution in [0.3, 0.4) is 0 Å². The molecule has 3 heteroatoms. The van der Waals surface area contributed by atoms with Gasteiger partial charge in [0.15, 0.2) is 5.58 Å². The first-order valence-electron chi connectivity index (χ1n) is 19.5. The van der Waals surface area contributed by atoms with Crippen LogP contribution in [0.5, 0.6) is 0 Å². The lowest BCUT2D eigenvalue weighted by Crippen LogP contribution is -1.97. The molecule has 3 nitrogen and oxygen atoms in total. The fourth-order valence-electron chi connectivity index (χ4n) is 9.13. The molecule has 9 aromatic carbocycles. The van der Waals surface area contributed by atoms with Crippen molar-refractivity contribution in [1.29, 1.82) is 0 Å². The number of benzene rings is 9. The highest BCUT2D eigenvalue weighted by Gasteiger charge is 2.21. The summed E-state index contributed by atoms with van der Waals surface area (Å²) in [5.74, 6) is 0. The molecule has 0 saturated carbocycles. The lowest BCUT2D eigenvalue weighted by atomic mass is 10.0. The van der Waals surface area contributed by atoms with Crippen molar-refractivity contribution in [3.05, 3.63) is 206 Å². The molecule has 0 unspecified atom stereocenters. The summed E-state index contributed by atoms with van der Waals surface area (Å²) >= 11 is 0. The topological polar surface area (TPSA) is 23.0 Å². The summed E-state index contributed by atoms with van der Waals surface area (Å²) in [6.45, 7) is 0. The second-order valence-electron chi connectivity index (χ2n) is 14.9. The third-order valence-corrected chi connectivity index (χ3v) is 11.7. The van der Waals surface area contributed by atoms with Gasteiger partial charge in [-0.1, -0.05) is 146 Å². The third-order valence-electron chi connectivity index (χ3n) is 11.7. The molecule has 0 aliphatic carbocycles. The van der Waals surface area contributed by atoms with Gasteiger partial charge in [-0.05, 0) is 88.5 Å². The van der Waals surface area contributed by atoms with E-state index in [2.05, 4.69) is 209 Å². The van der Waals surface area contributed by atoms with Crippen molar-refractivity contribution in [2.75, 3.05) is 0 Å².